The molecule has 108 valence electrons. The van der Waals surface area contributed by atoms with E-state index in [0.29, 0.717) is 12.6 Å². The number of para-hydroxylation sites is 1. The van der Waals surface area contributed by atoms with Crippen molar-refractivity contribution in [1.29, 1.82) is 0 Å². The second-order valence-corrected chi connectivity index (χ2v) is 4.61. The fourth-order valence-corrected chi connectivity index (χ4v) is 1.97. The van der Waals surface area contributed by atoms with Crippen LogP contribution in [-0.4, -0.2) is 26.4 Å². The van der Waals surface area contributed by atoms with Crippen LogP contribution in [0.4, 0.5) is 0 Å². The van der Waals surface area contributed by atoms with E-state index in [4.69, 9.17) is 9.47 Å². The monoisotopic (exact) mass is 265 g/mol. The number of hydrogen-bond acceptors (Lipinski definition) is 3. The Morgan fingerprint density at radius 3 is 2.68 bits per heavy atom. The Balaban J connectivity index is 2.34. The van der Waals surface area contributed by atoms with Crippen LogP contribution in [0.25, 0.3) is 0 Å². The molecule has 0 saturated heterocycles. The lowest BCUT2D eigenvalue weighted by Crippen LogP contribution is -2.21. The van der Waals surface area contributed by atoms with Gasteiger partial charge in [0.2, 0.25) is 0 Å². The molecule has 1 rings (SSSR count). The molecule has 0 aromatic heterocycles. The van der Waals surface area contributed by atoms with Crippen molar-refractivity contribution in [2.75, 3.05) is 26.4 Å². The van der Waals surface area contributed by atoms with E-state index in [1.54, 1.807) is 0 Å². The molecule has 1 aromatic carbocycles. The van der Waals surface area contributed by atoms with Gasteiger partial charge in [0.25, 0.3) is 0 Å². The van der Waals surface area contributed by atoms with Gasteiger partial charge < -0.3 is 14.8 Å². The zero-order valence-corrected chi connectivity index (χ0v) is 12.4. The van der Waals surface area contributed by atoms with Gasteiger partial charge in [0.05, 0.1) is 6.61 Å². The van der Waals surface area contributed by atoms with Gasteiger partial charge >= 0.3 is 0 Å². The number of nitrogens with one attached hydrogen (secondary N) is 1. The van der Waals surface area contributed by atoms with Crippen molar-refractivity contribution < 1.29 is 9.47 Å². The molecule has 0 bridgehead atoms. The lowest BCUT2D eigenvalue weighted by Gasteiger charge is -2.18. The third kappa shape index (κ3) is 6.08. The van der Waals surface area contributed by atoms with Crippen molar-refractivity contribution in [1.82, 2.24) is 5.32 Å². The van der Waals surface area contributed by atoms with Crippen molar-refractivity contribution in [3.05, 3.63) is 29.8 Å². The van der Waals surface area contributed by atoms with Gasteiger partial charge in [0.15, 0.2) is 0 Å². The first-order chi connectivity index (χ1) is 9.29. The summed E-state index contributed by atoms with van der Waals surface area (Å²) < 4.78 is 11.1. The molecular weight excluding hydrogens is 238 g/mol. The molecule has 1 unspecified atom stereocenters. The van der Waals surface area contributed by atoms with Gasteiger partial charge in [-0.3, -0.25) is 0 Å². The minimum absolute atomic E-state index is 0.300. The molecule has 0 saturated carbocycles. The molecule has 0 amide bonds. The van der Waals surface area contributed by atoms with Crippen LogP contribution in [0.15, 0.2) is 24.3 Å². The van der Waals surface area contributed by atoms with E-state index < -0.39 is 0 Å². The minimum Gasteiger partial charge on any atom is -0.494 e. The predicted octanol–water partition coefficient (Wildman–Crippen LogP) is 3.55. The Kier molecular flexibility index (Phi) is 8.26. The second-order valence-electron chi connectivity index (χ2n) is 4.61. The Hall–Kier alpha value is -1.06. The SMILES string of the molecule is CCCOCCCNC(C)c1ccccc1OCC. The molecule has 0 spiro atoms. The smallest absolute Gasteiger partial charge is 0.124 e. The summed E-state index contributed by atoms with van der Waals surface area (Å²) in [6.07, 6.45) is 2.13. The number of benzene rings is 1. The van der Waals surface area contributed by atoms with Crippen LogP contribution in [0.5, 0.6) is 5.75 Å². The average molecular weight is 265 g/mol. The predicted molar refractivity (Wildman–Crippen MR) is 79.8 cm³/mol. The summed E-state index contributed by atoms with van der Waals surface area (Å²) in [6, 6.07) is 8.52. The molecule has 0 aliphatic rings. The molecule has 3 heteroatoms. The van der Waals surface area contributed by atoms with Crippen LogP contribution < -0.4 is 10.1 Å². The summed E-state index contributed by atoms with van der Waals surface area (Å²) in [5, 5.41) is 3.51. The summed E-state index contributed by atoms with van der Waals surface area (Å²) in [4.78, 5) is 0. The van der Waals surface area contributed by atoms with Crippen molar-refractivity contribution in [3.63, 3.8) is 0 Å². The van der Waals surface area contributed by atoms with E-state index in [0.717, 1.165) is 38.3 Å². The van der Waals surface area contributed by atoms with Crippen LogP contribution in [0, 0.1) is 0 Å². The molecule has 0 heterocycles. The van der Waals surface area contributed by atoms with E-state index in [2.05, 4.69) is 31.3 Å². The maximum Gasteiger partial charge on any atom is 0.124 e. The molecule has 1 aromatic rings. The van der Waals surface area contributed by atoms with Crippen molar-refractivity contribution in [3.8, 4) is 5.75 Å². The molecule has 1 atom stereocenters. The van der Waals surface area contributed by atoms with Crippen LogP contribution in [0.3, 0.4) is 0 Å². The number of ether oxygens (including phenoxy) is 2. The fraction of sp³-hybridized carbons (Fsp3) is 0.625. The Labute approximate surface area is 117 Å². The Morgan fingerprint density at radius 1 is 1.16 bits per heavy atom. The number of hydrogen-bond donors (Lipinski definition) is 1. The maximum absolute atomic E-state index is 5.65. The van der Waals surface area contributed by atoms with Gasteiger partial charge in [0.1, 0.15) is 5.75 Å². The maximum atomic E-state index is 5.65. The highest BCUT2D eigenvalue weighted by molar-refractivity contribution is 5.35. The van der Waals surface area contributed by atoms with E-state index >= 15 is 0 Å². The molecule has 0 aliphatic carbocycles. The molecule has 0 fully saturated rings. The van der Waals surface area contributed by atoms with E-state index in [-0.39, 0.29) is 0 Å². The number of rotatable bonds is 10. The topological polar surface area (TPSA) is 30.5 Å². The summed E-state index contributed by atoms with van der Waals surface area (Å²) >= 11 is 0. The zero-order chi connectivity index (χ0) is 13.9. The highest BCUT2D eigenvalue weighted by Crippen LogP contribution is 2.24. The molecule has 1 N–H and O–H groups in total. The van der Waals surface area contributed by atoms with Gasteiger partial charge in [-0.25, -0.2) is 0 Å². The largest absolute Gasteiger partial charge is 0.494 e. The highest BCUT2D eigenvalue weighted by atomic mass is 16.5. The van der Waals surface area contributed by atoms with Gasteiger partial charge in [-0.2, -0.15) is 0 Å². The fourth-order valence-electron chi connectivity index (χ4n) is 1.97. The van der Waals surface area contributed by atoms with Crippen molar-refractivity contribution in [2.45, 2.75) is 39.7 Å². The molecule has 0 aliphatic heterocycles. The quantitative estimate of drug-likeness (QED) is 0.656. The van der Waals surface area contributed by atoms with Crippen molar-refractivity contribution >= 4 is 0 Å². The second kappa shape index (κ2) is 9.82. The zero-order valence-electron chi connectivity index (χ0n) is 12.4. The Morgan fingerprint density at radius 2 is 1.95 bits per heavy atom. The van der Waals surface area contributed by atoms with Crippen molar-refractivity contribution in [2.24, 2.45) is 0 Å². The molecule has 3 nitrogen and oxygen atoms in total. The molecular formula is C16H27NO2. The molecule has 19 heavy (non-hydrogen) atoms. The molecule has 0 radical (unpaired) electrons. The van der Waals surface area contributed by atoms with Crippen LogP contribution in [0.1, 0.15) is 45.2 Å². The lowest BCUT2D eigenvalue weighted by molar-refractivity contribution is 0.131. The summed E-state index contributed by atoms with van der Waals surface area (Å²) in [5.41, 5.74) is 1.22. The first kappa shape index (κ1) is 16.0. The minimum atomic E-state index is 0.300. The third-order valence-corrected chi connectivity index (χ3v) is 2.95. The summed E-state index contributed by atoms with van der Waals surface area (Å²) in [7, 11) is 0. The van der Waals surface area contributed by atoms with Crippen LogP contribution in [0.2, 0.25) is 0 Å². The average Bonchev–Trinajstić information content (AvgIpc) is 2.43. The first-order valence-corrected chi connectivity index (χ1v) is 7.32. The summed E-state index contributed by atoms with van der Waals surface area (Å²) in [5.74, 6) is 0.979. The van der Waals surface area contributed by atoms with E-state index in [1.807, 2.05) is 19.1 Å². The van der Waals surface area contributed by atoms with E-state index in [9.17, 15) is 0 Å². The Bertz CT molecular complexity index is 341. The standard InChI is InChI=1S/C16H27NO2/c1-4-12-18-13-8-11-17-14(3)15-9-6-7-10-16(15)19-5-2/h6-7,9-10,14,17H,4-5,8,11-13H2,1-3H3. The van der Waals surface area contributed by atoms with Gasteiger partial charge in [0, 0.05) is 24.8 Å². The van der Waals surface area contributed by atoms with Gasteiger partial charge in [-0.15, -0.1) is 0 Å². The third-order valence-electron chi connectivity index (χ3n) is 2.95. The van der Waals surface area contributed by atoms with Crippen LogP contribution >= 0.6 is 0 Å². The van der Waals surface area contributed by atoms with Crippen LogP contribution in [-0.2, 0) is 4.74 Å². The first-order valence-electron chi connectivity index (χ1n) is 7.32. The highest BCUT2D eigenvalue weighted by Gasteiger charge is 2.09. The lowest BCUT2D eigenvalue weighted by atomic mass is 10.1. The van der Waals surface area contributed by atoms with Gasteiger partial charge in [-0.1, -0.05) is 25.1 Å². The van der Waals surface area contributed by atoms with E-state index in [1.165, 1.54) is 5.56 Å². The normalized spacial score (nSPS) is 12.4. The van der Waals surface area contributed by atoms with Gasteiger partial charge in [-0.05, 0) is 39.3 Å². The summed E-state index contributed by atoms with van der Waals surface area (Å²) in [6.45, 7) is 9.68.